The van der Waals surface area contributed by atoms with Gasteiger partial charge in [0.25, 0.3) is 0 Å². The Morgan fingerprint density at radius 2 is 1.79 bits per heavy atom. The first-order chi connectivity index (χ1) is 16.7. The first-order valence-electron chi connectivity index (χ1n) is 12.2. The highest BCUT2D eigenvalue weighted by Crippen LogP contribution is 2.25. The van der Waals surface area contributed by atoms with Gasteiger partial charge in [0.2, 0.25) is 0 Å². The van der Waals surface area contributed by atoms with Crippen LogP contribution in [-0.2, 0) is 11.3 Å². The normalized spacial score (nSPS) is 13.9. The van der Waals surface area contributed by atoms with E-state index in [4.69, 9.17) is 14.2 Å². The second kappa shape index (κ2) is 12.4. The first kappa shape index (κ1) is 24.1. The average molecular weight is 465 g/mol. The zero-order valence-corrected chi connectivity index (χ0v) is 20.3. The van der Waals surface area contributed by atoms with Gasteiger partial charge in [-0.1, -0.05) is 19.4 Å². The Bertz CT molecular complexity index is 999. The second-order valence-electron chi connectivity index (χ2n) is 8.68. The largest absolute Gasteiger partial charge is 0.490 e. The van der Waals surface area contributed by atoms with Gasteiger partial charge in [-0.25, -0.2) is 0 Å². The minimum Gasteiger partial charge on any atom is -0.490 e. The minimum atomic E-state index is 0.485. The molecule has 1 aliphatic rings. The fourth-order valence-corrected chi connectivity index (χ4v) is 4.11. The number of H-pyrrole nitrogens is 1. The number of aromatic nitrogens is 2. The van der Waals surface area contributed by atoms with E-state index in [-0.39, 0.29) is 0 Å². The molecule has 1 aromatic heterocycles. The highest BCUT2D eigenvalue weighted by atomic mass is 16.5. The minimum absolute atomic E-state index is 0.485. The molecule has 0 saturated carbocycles. The van der Waals surface area contributed by atoms with Gasteiger partial charge in [-0.05, 0) is 56.4 Å². The molecule has 2 heterocycles. The first-order valence-corrected chi connectivity index (χ1v) is 12.2. The molecule has 1 fully saturated rings. The van der Waals surface area contributed by atoms with Crippen molar-refractivity contribution < 1.29 is 14.2 Å². The predicted octanol–water partition coefficient (Wildman–Crippen LogP) is 4.60. The number of nitrogens with one attached hydrogen (secondary N) is 1. The van der Waals surface area contributed by atoms with E-state index in [1.54, 1.807) is 0 Å². The number of anilines is 1. The summed E-state index contributed by atoms with van der Waals surface area (Å²) in [5.41, 5.74) is 4.56. The Labute approximate surface area is 202 Å². The van der Waals surface area contributed by atoms with E-state index in [1.807, 2.05) is 30.5 Å². The highest BCUT2D eigenvalue weighted by molar-refractivity contribution is 5.63. The van der Waals surface area contributed by atoms with Gasteiger partial charge in [-0.15, -0.1) is 0 Å². The molecule has 1 N–H and O–H groups in total. The zero-order valence-electron chi connectivity index (χ0n) is 20.3. The Morgan fingerprint density at radius 3 is 2.56 bits per heavy atom. The molecule has 7 heteroatoms. The molecule has 2 aromatic carbocycles. The maximum Gasteiger partial charge on any atom is 0.122 e. The van der Waals surface area contributed by atoms with Crippen LogP contribution >= 0.6 is 0 Å². The number of aromatic amines is 1. The summed E-state index contributed by atoms with van der Waals surface area (Å²) in [6, 6.07) is 16.4. The number of rotatable bonds is 12. The van der Waals surface area contributed by atoms with Crippen molar-refractivity contribution in [2.24, 2.45) is 0 Å². The molecular formula is C27H36N4O3. The van der Waals surface area contributed by atoms with Gasteiger partial charge in [0.05, 0.1) is 25.1 Å². The Hall–Kier alpha value is -3.03. The van der Waals surface area contributed by atoms with Gasteiger partial charge >= 0.3 is 0 Å². The van der Waals surface area contributed by atoms with Crippen LogP contribution in [0.4, 0.5) is 5.69 Å². The van der Waals surface area contributed by atoms with Crippen LogP contribution in [0.25, 0.3) is 11.3 Å². The lowest BCUT2D eigenvalue weighted by Crippen LogP contribution is -2.36. The molecule has 0 radical (unpaired) electrons. The summed E-state index contributed by atoms with van der Waals surface area (Å²) < 4.78 is 17.3. The van der Waals surface area contributed by atoms with Crippen molar-refractivity contribution in [2.45, 2.75) is 26.3 Å². The molecule has 0 atom stereocenters. The SMILES string of the molecule is CCCCN(C)Cc1cn[nH]c1-c1ccc(OCCOc2cccc(N3CCOCC3)c2)cc1. The fraction of sp³-hybridized carbons (Fsp3) is 0.444. The average Bonchev–Trinajstić information content (AvgIpc) is 3.34. The molecule has 182 valence electrons. The van der Waals surface area contributed by atoms with E-state index in [9.17, 15) is 0 Å². The van der Waals surface area contributed by atoms with E-state index >= 15 is 0 Å². The summed E-state index contributed by atoms with van der Waals surface area (Å²) in [4.78, 5) is 4.66. The van der Waals surface area contributed by atoms with Gasteiger partial charge in [0.1, 0.15) is 24.7 Å². The molecule has 3 aromatic rings. The number of benzene rings is 2. The molecule has 1 aliphatic heterocycles. The standard InChI is InChI=1S/C27H36N4O3/c1-3-4-12-30(2)21-23-20-28-29-27(23)22-8-10-25(11-9-22)33-17-18-34-26-7-5-6-24(19-26)31-13-15-32-16-14-31/h5-11,19-20H,3-4,12-18,21H2,1-2H3,(H,28,29). The predicted molar refractivity (Wildman–Crippen MR) is 136 cm³/mol. The number of unbranched alkanes of at least 4 members (excludes halogenated alkanes) is 1. The highest BCUT2D eigenvalue weighted by Gasteiger charge is 2.12. The summed E-state index contributed by atoms with van der Waals surface area (Å²) in [7, 11) is 2.16. The zero-order chi connectivity index (χ0) is 23.6. The van der Waals surface area contributed by atoms with Gasteiger partial charge < -0.3 is 24.0 Å². The molecule has 0 amide bonds. The van der Waals surface area contributed by atoms with Crippen LogP contribution in [0.1, 0.15) is 25.3 Å². The van der Waals surface area contributed by atoms with Crippen LogP contribution < -0.4 is 14.4 Å². The third kappa shape index (κ3) is 6.74. The van der Waals surface area contributed by atoms with E-state index < -0.39 is 0 Å². The molecule has 34 heavy (non-hydrogen) atoms. The number of nitrogens with zero attached hydrogens (tertiary/aromatic N) is 3. The Morgan fingerprint density at radius 1 is 1.03 bits per heavy atom. The summed E-state index contributed by atoms with van der Waals surface area (Å²) in [5, 5.41) is 7.42. The molecule has 7 nitrogen and oxygen atoms in total. The maximum absolute atomic E-state index is 5.92. The summed E-state index contributed by atoms with van der Waals surface area (Å²) in [6.45, 7) is 8.54. The van der Waals surface area contributed by atoms with Crippen LogP contribution in [0.2, 0.25) is 0 Å². The Kier molecular flexibility index (Phi) is 8.82. The number of ether oxygens (including phenoxy) is 3. The molecule has 0 unspecified atom stereocenters. The van der Waals surface area contributed by atoms with Gasteiger partial charge in [-0.3, -0.25) is 5.10 Å². The van der Waals surface area contributed by atoms with Crippen LogP contribution in [0.3, 0.4) is 0 Å². The topological polar surface area (TPSA) is 62.9 Å². The fourth-order valence-electron chi connectivity index (χ4n) is 4.11. The van der Waals surface area contributed by atoms with Crippen molar-refractivity contribution in [1.29, 1.82) is 0 Å². The van der Waals surface area contributed by atoms with E-state index in [0.29, 0.717) is 13.2 Å². The van der Waals surface area contributed by atoms with E-state index in [1.165, 1.54) is 24.1 Å². The van der Waals surface area contributed by atoms with Crippen molar-refractivity contribution >= 4 is 5.69 Å². The quantitative estimate of drug-likeness (QED) is 0.395. The molecule has 4 rings (SSSR count). The third-order valence-electron chi connectivity index (χ3n) is 6.01. The van der Waals surface area contributed by atoms with E-state index in [0.717, 1.165) is 62.1 Å². The van der Waals surface area contributed by atoms with Crippen LogP contribution in [0, 0.1) is 0 Å². The third-order valence-corrected chi connectivity index (χ3v) is 6.01. The van der Waals surface area contributed by atoms with Gasteiger partial charge in [0.15, 0.2) is 0 Å². The Balaban J connectivity index is 1.25. The molecular weight excluding hydrogens is 428 g/mol. The second-order valence-corrected chi connectivity index (χ2v) is 8.68. The van der Waals surface area contributed by atoms with E-state index in [2.05, 4.69) is 58.2 Å². The lowest BCUT2D eigenvalue weighted by Gasteiger charge is -2.29. The van der Waals surface area contributed by atoms with Crippen molar-refractivity contribution in [1.82, 2.24) is 15.1 Å². The smallest absolute Gasteiger partial charge is 0.122 e. The molecule has 0 bridgehead atoms. The maximum atomic E-state index is 5.92. The summed E-state index contributed by atoms with van der Waals surface area (Å²) >= 11 is 0. The summed E-state index contributed by atoms with van der Waals surface area (Å²) in [6.07, 6.45) is 4.34. The van der Waals surface area contributed by atoms with Crippen molar-refractivity contribution in [3.05, 3.63) is 60.3 Å². The number of morpholine rings is 1. The number of hydrogen-bond donors (Lipinski definition) is 1. The van der Waals surface area contributed by atoms with Crippen LogP contribution in [-0.4, -0.2) is 68.2 Å². The molecule has 0 spiro atoms. The molecule has 0 aliphatic carbocycles. The van der Waals surface area contributed by atoms with Crippen molar-refractivity contribution in [3.63, 3.8) is 0 Å². The lowest BCUT2D eigenvalue weighted by molar-refractivity contribution is 0.122. The van der Waals surface area contributed by atoms with Gasteiger partial charge in [-0.2, -0.15) is 5.10 Å². The van der Waals surface area contributed by atoms with Crippen molar-refractivity contribution in [3.8, 4) is 22.8 Å². The lowest BCUT2D eigenvalue weighted by atomic mass is 10.1. The molecule has 1 saturated heterocycles. The van der Waals surface area contributed by atoms with Gasteiger partial charge in [0, 0.05) is 42.5 Å². The summed E-state index contributed by atoms with van der Waals surface area (Å²) in [5.74, 6) is 1.69. The monoisotopic (exact) mass is 464 g/mol. The van der Waals surface area contributed by atoms with Crippen LogP contribution in [0.5, 0.6) is 11.5 Å². The van der Waals surface area contributed by atoms with Crippen molar-refractivity contribution in [2.75, 3.05) is 58.0 Å². The van der Waals surface area contributed by atoms with Crippen LogP contribution in [0.15, 0.2) is 54.7 Å². The number of hydrogen-bond acceptors (Lipinski definition) is 6.